The molecule has 0 N–H and O–H groups in total. The average molecular weight is 589 g/mol. The number of nitrogens with zero attached hydrogens (tertiary/aromatic N) is 4. The summed E-state index contributed by atoms with van der Waals surface area (Å²) in [6, 6.07) is 50.3. The van der Waals surface area contributed by atoms with Crippen LogP contribution in [0.5, 0.6) is 0 Å². The van der Waals surface area contributed by atoms with Crippen LogP contribution >= 0.6 is 0 Å². The van der Waals surface area contributed by atoms with Gasteiger partial charge in [-0.15, -0.1) is 0 Å². The van der Waals surface area contributed by atoms with Gasteiger partial charge in [0.2, 0.25) is 5.95 Å². The Hall–Kier alpha value is -6.33. The van der Waals surface area contributed by atoms with Gasteiger partial charge in [-0.05, 0) is 40.4 Å². The molecule has 0 saturated carbocycles. The minimum atomic E-state index is 0.569. The van der Waals surface area contributed by atoms with Crippen molar-refractivity contribution in [2.24, 2.45) is 0 Å². The van der Waals surface area contributed by atoms with Crippen LogP contribution in [0.3, 0.4) is 0 Å². The smallest absolute Gasteiger partial charge is 0.238 e. The Morgan fingerprint density at radius 2 is 0.935 bits per heavy atom. The molecule has 5 nitrogen and oxygen atoms in total. The number of hydrogen-bond donors (Lipinski definition) is 0. The van der Waals surface area contributed by atoms with E-state index in [0.717, 1.165) is 65.6 Å². The normalized spacial score (nSPS) is 11.9. The van der Waals surface area contributed by atoms with Crippen LogP contribution in [-0.4, -0.2) is 19.5 Å². The third kappa shape index (κ3) is 3.60. The summed E-state index contributed by atoms with van der Waals surface area (Å²) in [5.41, 5.74) is 5.59. The van der Waals surface area contributed by atoms with Crippen LogP contribution in [0.4, 0.5) is 0 Å². The minimum Gasteiger partial charge on any atom is -0.456 e. The van der Waals surface area contributed by atoms with Crippen LogP contribution in [0, 0.1) is 0 Å². The van der Waals surface area contributed by atoms with E-state index in [1.807, 2.05) is 30.3 Å². The van der Waals surface area contributed by atoms with Gasteiger partial charge in [0.25, 0.3) is 0 Å². The molecular formula is C41H24N4O. The van der Waals surface area contributed by atoms with Crippen molar-refractivity contribution in [3.05, 3.63) is 146 Å². The molecular weight excluding hydrogens is 564 g/mol. The van der Waals surface area contributed by atoms with E-state index in [-0.39, 0.29) is 0 Å². The topological polar surface area (TPSA) is 56.7 Å². The fraction of sp³-hybridized carbons (Fsp3) is 0. The number of aromatic nitrogens is 4. The SMILES string of the molecule is c1ccc2c(c1)ccc1cccc(-c3nc(-c4cccc5oc6ccccc6c45)nc(-n4c5ccccc5c5ccccc54)n3)c12. The third-order valence-corrected chi connectivity index (χ3v) is 9.06. The van der Waals surface area contributed by atoms with E-state index in [2.05, 4.69) is 120 Å². The van der Waals surface area contributed by atoms with Gasteiger partial charge in [0.1, 0.15) is 11.2 Å². The number of furan rings is 1. The van der Waals surface area contributed by atoms with Gasteiger partial charge in [0, 0.05) is 38.1 Å². The Labute approximate surface area is 263 Å². The molecule has 0 aliphatic rings. The van der Waals surface area contributed by atoms with Crippen LogP contribution < -0.4 is 0 Å². The quantitative estimate of drug-likeness (QED) is 0.193. The van der Waals surface area contributed by atoms with Gasteiger partial charge in [-0.2, -0.15) is 9.97 Å². The van der Waals surface area contributed by atoms with E-state index >= 15 is 0 Å². The summed E-state index contributed by atoms with van der Waals surface area (Å²) >= 11 is 0. The zero-order valence-electron chi connectivity index (χ0n) is 24.6. The molecule has 0 aliphatic heterocycles. The average Bonchev–Trinajstić information content (AvgIpc) is 3.67. The maximum absolute atomic E-state index is 6.28. The Bertz CT molecular complexity index is 2770. The van der Waals surface area contributed by atoms with Gasteiger partial charge in [-0.3, -0.25) is 4.57 Å². The molecule has 10 rings (SSSR count). The lowest BCUT2D eigenvalue weighted by Crippen LogP contribution is -2.06. The third-order valence-electron chi connectivity index (χ3n) is 9.06. The maximum atomic E-state index is 6.28. The summed E-state index contributed by atoms with van der Waals surface area (Å²) in [5, 5.41) is 8.93. The molecule has 0 saturated heterocycles. The Kier molecular flexibility index (Phi) is 5.22. The molecule has 0 fully saturated rings. The summed E-state index contributed by atoms with van der Waals surface area (Å²) in [7, 11) is 0. The first-order valence-electron chi connectivity index (χ1n) is 15.4. The predicted molar refractivity (Wildman–Crippen MR) is 187 cm³/mol. The molecule has 0 spiro atoms. The summed E-state index contributed by atoms with van der Waals surface area (Å²) in [6.45, 7) is 0. The van der Waals surface area contributed by atoms with Gasteiger partial charge in [-0.1, -0.05) is 121 Å². The molecule has 3 aromatic heterocycles. The second-order valence-corrected chi connectivity index (χ2v) is 11.6. The lowest BCUT2D eigenvalue weighted by Gasteiger charge is -2.13. The highest BCUT2D eigenvalue weighted by molar-refractivity contribution is 6.15. The molecule has 0 bridgehead atoms. The van der Waals surface area contributed by atoms with E-state index in [4.69, 9.17) is 19.4 Å². The van der Waals surface area contributed by atoms with E-state index in [9.17, 15) is 0 Å². The van der Waals surface area contributed by atoms with Crippen LogP contribution in [0.15, 0.2) is 150 Å². The van der Waals surface area contributed by atoms with Crippen molar-refractivity contribution in [1.29, 1.82) is 0 Å². The second kappa shape index (κ2) is 9.58. The zero-order chi connectivity index (χ0) is 30.2. The molecule has 5 heteroatoms. The predicted octanol–water partition coefficient (Wildman–Crippen LogP) is 10.5. The Morgan fingerprint density at radius 1 is 0.391 bits per heavy atom. The summed E-state index contributed by atoms with van der Waals surface area (Å²) in [5.74, 6) is 1.78. The molecule has 0 radical (unpaired) electrons. The van der Waals surface area contributed by atoms with Gasteiger partial charge >= 0.3 is 0 Å². The summed E-state index contributed by atoms with van der Waals surface area (Å²) < 4.78 is 8.44. The lowest BCUT2D eigenvalue weighted by molar-refractivity contribution is 0.669. The highest BCUT2D eigenvalue weighted by Gasteiger charge is 2.21. The molecule has 0 unspecified atom stereocenters. The molecule has 7 aromatic carbocycles. The molecule has 0 amide bonds. The first-order valence-corrected chi connectivity index (χ1v) is 15.4. The van der Waals surface area contributed by atoms with E-state index in [0.29, 0.717) is 17.6 Å². The van der Waals surface area contributed by atoms with E-state index < -0.39 is 0 Å². The fourth-order valence-electron chi connectivity index (χ4n) is 7.05. The summed E-state index contributed by atoms with van der Waals surface area (Å²) in [4.78, 5) is 15.8. The fourth-order valence-corrected chi connectivity index (χ4v) is 7.05. The van der Waals surface area contributed by atoms with Crippen molar-refractivity contribution in [3.63, 3.8) is 0 Å². The molecule has 10 aromatic rings. The lowest BCUT2D eigenvalue weighted by atomic mass is 9.97. The standard InChI is InChI=1S/C41H24N4O/c1-2-13-27-25(11-1)23-24-26-12-9-17-31(37(26)27)39-42-40(32-18-10-22-36-38(32)30-16-5-8-21-35(30)46-36)44-41(43-39)45-33-19-6-3-14-28(33)29-15-4-7-20-34(29)45/h1-24H. The van der Waals surface area contributed by atoms with Crippen molar-refractivity contribution in [2.45, 2.75) is 0 Å². The van der Waals surface area contributed by atoms with Gasteiger partial charge in [0.15, 0.2) is 11.6 Å². The second-order valence-electron chi connectivity index (χ2n) is 11.6. The number of benzene rings is 7. The largest absolute Gasteiger partial charge is 0.456 e. The number of hydrogen-bond acceptors (Lipinski definition) is 4. The number of rotatable bonds is 3. The highest BCUT2D eigenvalue weighted by atomic mass is 16.3. The van der Waals surface area contributed by atoms with Crippen molar-refractivity contribution < 1.29 is 4.42 Å². The van der Waals surface area contributed by atoms with Crippen molar-refractivity contribution in [3.8, 4) is 28.7 Å². The minimum absolute atomic E-state index is 0.569. The van der Waals surface area contributed by atoms with E-state index in [1.54, 1.807) is 0 Å². The molecule has 3 heterocycles. The monoisotopic (exact) mass is 588 g/mol. The van der Waals surface area contributed by atoms with Gasteiger partial charge in [0.05, 0.1) is 11.0 Å². The zero-order valence-corrected chi connectivity index (χ0v) is 24.6. The number of fused-ring (bicyclic) bond motifs is 9. The first-order chi connectivity index (χ1) is 22.8. The van der Waals surface area contributed by atoms with Crippen LogP contribution in [0.25, 0.3) is 94.0 Å². The molecule has 0 aliphatic carbocycles. The highest BCUT2D eigenvalue weighted by Crippen LogP contribution is 2.39. The van der Waals surface area contributed by atoms with Crippen LogP contribution in [0.2, 0.25) is 0 Å². The molecule has 46 heavy (non-hydrogen) atoms. The molecule has 214 valence electrons. The van der Waals surface area contributed by atoms with Gasteiger partial charge in [-0.25, -0.2) is 4.98 Å². The molecule has 0 atom stereocenters. The Balaban J connectivity index is 1.35. The van der Waals surface area contributed by atoms with Gasteiger partial charge < -0.3 is 4.42 Å². The maximum Gasteiger partial charge on any atom is 0.238 e. The number of para-hydroxylation sites is 3. The van der Waals surface area contributed by atoms with Crippen LogP contribution in [0.1, 0.15) is 0 Å². The van der Waals surface area contributed by atoms with Crippen molar-refractivity contribution >= 4 is 65.3 Å². The van der Waals surface area contributed by atoms with E-state index in [1.165, 1.54) is 10.8 Å². The van der Waals surface area contributed by atoms with Crippen LogP contribution in [-0.2, 0) is 0 Å². The Morgan fingerprint density at radius 3 is 1.70 bits per heavy atom. The first kappa shape index (κ1) is 25.0. The van der Waals surface area contributed by atoms with Crippen molar-refractivity contribution in [1.82, 2.24) is 19.5 Å². The van der Waals surface area contributed by atoms with Crippen molar-refractivity contribution in [2.75, 3.05) is 0 Å². The summed E-state index contributed by atoms with van der Waals surface area (Å²) in [6.07, 6.45) is 0.